The number of nitrogens with zero attached hydrogens (tertiary/aromatic N) is 4. The molecular formula is C13H13F3N4O2. The van der Waals surface area contributed by atoms with E-state index in [-0.39, 0.29) is 23.3 Å². The Balaban J connectivity index is 2.47. The predicted molar refractivity (Wildman–Crippen MR) is 70.0 cm³/mol. The first kappa shape index (κ1) is 15.9. The van der Waals surface area contributed by atoms with E-state index in [1.807, 2.05) is 0 Å². The third-order valence-corrected chi connectivity index (χ3v) is 2.85. The first-order chi connectivity index (χ1) is 10.2. The van der Waals surface area contributed by atoms with Crippen LogP contribution in [0.1, 0.15) is 36.1 Å². The standard InChI is InChI=1S/C13H13F3N4O2/c1-7(2)20-6-10(13(14,15)16)19-11(20)8-4-18-9(5-17-8)12(21)22-3/h4-7H,1-3H3. The molecule has 2 rings (SSSR count). The molecule has 6 nitrogen and oxygen atoms in total. The summed E-state index contributed by atoms with van der Waals surface area (Å²) in [6, 6.07) is -0.249. The fourth-order valence-electron chi connectivity index (χ4n) is 1.77. The number of esters is 1. The summed E-state index contributed by atoms with van der Waals surface area (Å²) >= 11 is 0. The van der Waals surface area contributed by atoms with E-state index in [1.165, 1.54) is 17.9 Å². The van der Waals surface area contributed by atoms with E-state index >= 15 is 0 Å². The van der Waals surface area contributed by atoms with E-state index in [9.17, 15) is 18.0 Å². The lowest BCUT2D eigenvalue weighted by Gasteiger charge is -2.10. The molecule has 0 aromatic carbocycles. The van der Waals surface area contributed by atoms with Gasteiger partial charge >= 0.3 is 12.1 Å². The fourth-order valence-corrected chi connectivity index (χ4v) is 1.77. The minimum Gasteiger partial charge on any atom is -0.464 e. The van der Waals surface area contributed by atoms with Crippen molar-refractivity contribution in [2.45, 2.75) is 26.1 Å². The van der Waals surface area contributed by atoms with Gasteiger partial charge in [-0.2, -0.15) is 13.2 Å². The van der Waals surface area contributed by atoms with Crippen molar-refractivity contribution in [3.05, 3.63) is 30.0 Å². The van der Waals surface area contributed by atoms with Crippen LogP contribution in [0.25, 0.3) is 11.5 Å². The molecular weight excluding hydrogens is 301 g/mol. The minimum atomic E-state index is -4.55. The normalized spacial score (nSPS) is 11.8. The molecule has 0 fully saturated rings. The van der Waals surface area contributed by atoms with Crippen LogP contribution < -0.4 is 0 Å². The van der Waals surface area contributed by atoms with Crippen LogP contribution in [-0.4, -0.2) is 32.6 Å². The van der Waals surface area contributed by atoms with Crippen molar-refractivity contribution in [2.24, 2.45) is 0 Å². The highest BCUT2D eigenvalue weighted by Crippen LogP contribution is 2.31. The van der Waals surface area contributed by atoms with Crippen LogP contribution in [0.2, 0.25) is 0 Å². The monoisotopic (exact) mass is 314 g/mol. The number of hydrogen-bond acceptors (Lipinski definition) is 5. The molecule has 0 aliphatic carbocycles. The second kappa shape index (κ2) is 5.74. The number of aromatic nitrogens is 4. The third-order valence-electron chi connectivity index (χ3n) is 2.85. The number of rotatable bonds is 3. The average molecular weight is 314 g/mol. The summed E-state index contributed by atoms with van der Waals surface area (Å²) in [6.07, 6.45) is -1.30. The lowest BCUT2D eigenvalue weighted by Crippen LogP contribution is -2.07. The van der Waals surface area contributed by atoms with Crippen LogP contribution in [0.15, 0.2) is 18.6 Å². The zero-order valence-electron chi connectivity index (χ0n) is 12.0. The van der Waals surface area contributed by atoms with E-state index in [4.69, 9.17) is 0 Å². The second-order valence-electron chi connectivity index (χ2n) is 4.73. The van der Waals surface area contributed by atoms with E-state index in [2.05, 4.69) is 19.7 Å². The first-order valence-electron chi connectivity index (χ1n) is 6.30. The van der Waals surface area contributed by atoms with Gasteiger partial charge in [0, 0.05) is 12.2 Å². The molecule has 0 bridgehead atoms. The molecule has 0 N–H and O–H groups in total. The van der Waals surface area contributed by atoms with Gasteiger partial charge in [0.1, 0.15) is 5.69 Å². The number of carbonyl (C=O) groups excluding carboxylic acids is 1. The number of ether oxygens (including phenoxy) is 1. The highest BCUT2D eigenvalue weighted by Gasteiger charge is 2.35. The Morgan fingerprint density at radius 1 is 1.27 bits per heavy atom. The van der Waals surface area contributed by atoms with Crippen molar-refractivity contribution in [1.29, 1.82) is 0 Å². The summed E-state index contributed by atoms with van der Waals surface area (Å²) in [6.45, 7) is 3.45. The Morgan fingerprint density at radius 2 is 1.95 bits per heavy atom. The topological polar surface area (TPSA) is 69.9 Å². The van der Waals surface area contributed by atoms with Crippen LogP contribution in [0.4, 0.5) is 13.2 Å². The van der Waals surface area contributed by atoms with Gasteiger partial charge in [0.15, 0.2) is 17.2 Å². The lowest BCUT2D eigenvalue weighted by atomic mass is 10.3. The van der Waals surface area contributed by atoms with Crippen LogP contribution in [-0.2, 0) is 10.9 Å². The highest BCUT2D eigenvalue weighted by atomic mass is 19.4. The summed E-state index contributed by atoms with van der Waals surface area (Å²) < 4.78 is 44.2. The molecule has 118 valence electrons. The van der Waals surface area contributed by atoms with Crippen LogP contribution >= 0.6 is 0 Å². The van der Waals surface area contributed by atoms with Crippen molar-refractivity contribution in [2.75, 3.05) is 7.11 Å². The summed E-state index contributed by atoms with van der Waals surface area (Å²) in [5, 5.41) is 0. The molecule has 2 aromatic heterocycles. The number of carbonyl (C=O) groups is 1. The molecule has 0 unspecified atom stereocenters. The number of halogens is 3. The summed E-state index contributed by atoms with van der Waals surface area (Å²) in [5.41, 5.74) is -0.906. The minimum absolute atomic E-state index is 0.0336. The van der Waals surface area contributed by atoms with E-state index in [0.717, 1.165) is 12.4 Å². The van der Waals surface area contributed by atoms with Crippen molar-refractivity contribution < 1.29 is 22.7 Å². The Labute approximate surface area is 124 Å². The Bertz CT molecular complexity index is 678. The maximum absolute atomic E-state index is 12.8. The Morgan fingerprint density at radius 3 is 2.41 bits per heavy atom. The van der Waals surface area contributed by atoms with Crippen molar-refractivity contribution in [1.82, 2.24) is 19.5 Å². The average Bonchev–Trinajstić information content (AvgIpc) is 2.92. The van der Waals surface area contributed by atoms with Gasteiger partial charge in [-0.3, -0.25) is 0 Å². The van der Waals surface area contributed by atoms with Crippen molar-refractivity contribution in [3.8, 4) is 11.5 Å². The summed E-state index contributed by atoms with van der Waals surface area (Å²) in [5.74, 6) is -0.645. The molecule has 0 amide bonds. The van der Waals surface area contributed by atoms with Crippen molar-refractivity contribution in [3.63, 3.8) is 0 Å². The molecule has 0 aliphatic heterocycles. The van der Waals surface area contributed by atoms with Gasteiger partial charge in [0.25, 0.3) is 0 Å². The second-order valence-corrected chi connectivity index (χ2v) is 4.73. The van der Waals surface area contributed by atoms with Gasteiger partial charge in [-0.1, -0.05) is 0 Å². The van der Waals surface area contributed by atoms with Crippen molar-refractivity contribution >= 4 is 5.97 Å². The lowest BCUT2D eigenvalue weighted by molar-refractivity contribution is -0.140. The molecule has 0 spiro atoms. The molecule has 2 aromatic rings. The third kappa shape index (κ3) is 3.07. The van der Waals surface area contributed by atoms with Crippen LogP contribution in [0.3, 0.4) is 0 Å². The smallest absolute Gasteiger partial charge is 0.434 e. The zero-order chi connectivity index (χ0) is 16.5. The Kier molecular flexibility index (Phi) is 4.16. The predicted octanol–water partition coefficient (Wildman–Crippen LogP) is 2.73. The number of imidazole rings is 1. The molecule has 0 saturated carbocycles. The molecule has 0 atom stereocenters. The molecule has 0 radical (unpaired) electrons. The fraction of sp³-hybridized carbons (Fsp3) is 0.385. The van der Waals surface area contributed by atoms with Gasteiger partial charge in [0.2, 0.25) is 0 Å². The van der Waals surface area contributed by atoms with Crippen LogP contribution in [0, 0.1) is 0 Å². The maximum atomic E-state index is 12.8. The van der Waals surface area contributed by atoms with Gasteiger partial charge in [-0.05, 0) is 13.8 Å². The molecule has 22 heavy (non-hydrogen) atoms. The van der Waals surface area contributed by atoms with Gasteiger partial charge in [-0.15, -0.1) is 0 Å². The zero-order valence-corrected chi connectivity index (χ0v) is 12.0. The van der Waals surface area contributed by atoms with Crippen LogP contribution in [0.5, 0.6) is 0 Å². The van der Waals surface area contributed by atoms with Gasteiger partial charge in [0.05, 0.1) is 19.5 Å². The number of alkyl halides is 3. The maximum Gasteiger partial charge on any atom is 0.434 e. The number of methoxy groups -OCH3 is 1. The summed E-state index contributed by atoms with van der Waals surface area (Å²) in [7, 11) is 1.19. The molecule has 2 heterocycles. The number of hydrogen-bond donors (Lipinski definition) is 0. The van der Waals surface area contributed by atoms with E-state index in [0.29, 0.717) is 0 Å². The molecule has 9 heteroatoms. The quantitative estimate of drug-likeness (QED) is 0.815. The molecule has 0 saturated heterocycles. The molecule has 0 aliphatic rings. The van der Waals surface area contributed by atoms with E-state index in [1.54, 1.807) is 13.8 Å². The SMILES string of the molecule is COC(=O)c1cnc(-c2nc(C(F)(F)F)cn2C(C)C)cn1. The van der Waals surface area contributed by atoms with E-state index < -0.39 is 17.8 Å². The summed E-state index contributed by atoms with van der Waals surface area (Å²) in [4.78, 5) is 22.6. The Hall–Kier alpha value is -2.45. The van der Waals surface area contributed by atoms with Gasteiger partial charge in [-0.25, -0.2) is 19.7 Å². The first-order valence-corrected chi connectivity index (χ1v) is 6.30. The van der Waals surface area contributed by atoms with Gasteiger partial charge < -0.3 is 9.30 Å². The largest absolute Gasteiger partial charge is 0.464 e. The highest BCUT2D eigenvalue weighted by molar-refractivity contribution is 5.86.